The lowest BCUT2D eigenvalue weighted by atomic mass is 9.66. The highest BCUT2D eigenvalue weighted by Crippen LogP contribution is 2.68. The highest BCUT2D eigenvalue weighted by atomic mass is 14.6. The fraction of sp³-hybridized carbons (Fsp3) is 0.778. The molecule has 9 heavy (non-hydrogen) atoms. The van der Waals surface area contributed by atoms with Crippen molar-refractivity contribution in [3.8, 4) is 0 Å². The Bertz CT molecular complexity index is 182. The molecular weight excluding hydrogens is 108 g/mol. The van der Waals surface area contributed by atoms with Crippen LogP contribution in [0.4, 0.5) is 0 Å². The van der Waals surface area contributed by atoms with E-state index in [1.807, 2.05) is 0 Å². The second-order valence-corrected chi connectivity index (χ2v) is 3.97. The van der Waals surface area contributed by atoms with E-state index in [0.717, 1.165) is 11.3 Å². The van der Waals surface area contributed by atoms with Gasteiger partial charge in [0.05, 0.1) is 0 Å². The first-order valence-electron chi connectivity index (χ1n) is 4.11. The summed E-state index contributed by atoms with van der Waals surface area (Å²) in [6.07, 6.45) is 10.1. The molecule has 0 heteroatoms. The lowest BCUT2D eigenvalue weighted by Gasteiger charge is -2.37. The van der Waals surface area contributed by atoms with Gasteiger partial charge in [-0.3, -0.25) is 0 Å². The van der Waals surface area contributed by atoms with Crippen LogP contribution in [0.15, 0.2) is 11.6 Å². The van der Waals surface area contributed by atoms with Gasteiger partial charge in [-0.05, 0) is 24.7 Å². The van der Waals surface area contributed by atoms with Crippen LogP contribution in [0.25, 0.3) is 0 Å². The summed E-state index contributed by atoms with van der Waals surface area (Å²) in [5, 5.41) is 0. The maximum atomic E-state index is 2.49. The fourth-order valence-corrected chi connectivity index (χ4v) is 2.86. The first-order valence-corrected chi connectivity index (χ1v) is 4.11. The minimum absolute atomic E-state index is 0.856. The average molecular weight is 120 g/mol. The molecule has 0 N–H and O–H groups in total. The van der Waals surface area contributed by atoms with Gasteiger partial charge in [0.25, 0.3) is 0 Å². The Morgan fingerprint density at radius 2 is 2.11 bits per heavy atom. The minimum Gasteiger partial charge on any atom is -0.0769 e. The van der Waals surface area contributed by atoms with Gasteiger partial charge in [-0.25, -0.2) is 0 Å². The molecule has 1 unspecified atom stereocenters. The van der Waals surface area contributed by atoms with Crippen LogP contribution in [0, 0.1) is 11.3 Å². The van der Waals surface area contributed by atoms with E-state index in [9.17, 15) is 0 Å². The monoisotopic (exact) mass is 120 g/mol. The first-order chi connectivity index (χ1) is 4.41. The predicted octanol–water partition coefficient (Wildman–Crippen LogP) is 2.51. The molecule has 0 aliphatic heterocycles. The summed E-state index contributed by atoms with van der Waals surface area (Å²) in [6.45, 7) is 0. The van der Waals surface area contributed by atoms with E-state index >= 15 is 0 Å². The van der Waals surface area contributed by atoms with Crippen molar-refractivity contribution in [2.45, 2.75) is 32.1 Å². The Kier molecular flexibility index (Phi) is 0.564. The van der Waals surface area contributed by atoms with Crippen LogP contribution < -0.4 is 0 Å². The maximum absolute atomic E-state index is 2.49. The van der Waals surface area contributed by atoms with Crippen LogP contribution in [-0.4, -0.2) is 0 Å². The van der Waals surface area contributed by atoms with Crippen molar-refractivity contribution >= 4 is 0 Å². The van der Waals surface area contributed by atoms with Gasteiger partial charge >= 0.3 is 0 Å². The van der Waals surface area contributed by atoms with Gasteiger partial charge in [0.2, 0.25) is 0 Å². The highest BCUT2D eigenvalue weighted by Gasteiger charge is 2.56. The van der Waals surface area contributed by atoms with Crippen LogP contribution in [0.3, 0.4) is 0 Å². The number of allylic oxidation sites excluding steroid dienone is 2. The van der Waals surface area contributed by atoms with Crippen molar-refractivity contribution in [2.75, 3.05) is 0 Å². The summed E-state index contributed by atoms with van der Waals surface area (Å²) >= 11 is 0. The van der Waals surface area contributed by atoms with Crippen molar-refractivity contribution in [3.05, 3.63) is 11.6 Å². The standard InChI is InChI=1S/C9H12/c1-2-4-9(3-1)6-7-5-8(7)9/h5,8H,1-4,6H2. The van der Waals surface area contributed by atoms with Crippen molar-refractivity contribution in [1.29, 1.82) is 0 Å². The Balaban J connectivity index is 1.89. The highest BCUT2D eigenvalue weighted by molar-refractivity contribution is 5.43. The Morgan fingerprint density at radius 1 is 1.33 bits per heavy atom. The third kappa shape index (κ3) is 0.385. The first kappa shape index (κ1) is 4.54. The largest absolute Gasteiger partial charge is 0.0769 e. The molecule has 0 aromatic carbocycles. The van der Waals surface area contributed by atoms with Gasteiger partial charge in [-0.1, -0.05) is 24.5 Å². The Morgan fingerprint density at radius 3 is 2.56 bits per heavy atom. The lowest BCUT2D eigenvalue weighted by molar-refractivity contribution is 0.196. The third-order valence-corrected chi connectivity index (χ3v) is 3.49. The minimum atomic E-state index is 0.856. The maximum Gasteiger partial charge on any atom is 0.00396 e. The third-order valence-electron chi connectivity index (χ3n) is 3.49. The summed E-state index contributed by atoms with van der Waals surface area (Å²) < 4.78 is 0. The molecule has 1 atom stereocenters. The van der Waals surface area contributed by atoms with Crippen molar-refractivity contribution in [3.63, 3.8) is 0 Å². The van der Waals surface area contributed by atoms with Crippen LogP contribution in [0.1, 0.15) is 32.1 Å². The van der Waals surface area contributed by atoms with Crippen molar-refractivity contribution < 1.29 is 0 Å². The average Bonchev–Trinajstić information content (AvgIpc) is 2.39. The Hall–Kier alpha value is -0.260. The molecule has 0 saturated heterocycles. The summed E-state index contributed by atoms with van der Waals surface area (Å²) in [6, 6.07) is 0. The molecule has 0 heterocycles. The molecule has 0 bridgehead atoms. The molecule has 0 nitrogen and oxygen atoms in total. The van der Waals surface area contributed by atoms with Gasteiger partial charge < -0.3 is 0 Å². The van der Waals surface area contributed by atoms with Crippen LogP contribution >= 0.6 is 0 Å². The van der Waals surface area contributed by atoms with E-state index in [2.05, 4.69) is 6.08 Å². The zero-order chi connectivity index (χ0) is 5.90. The van der Waals surface area contributed by atoms with Gasteiger partial charge in [0, 0.05) is 5.92 Å². The van der Waals surface area contributed by atoms with Crippen molar-refractivity contribution in [1.82, 2.24) is 0 Å². The molecule has 3 rings (SSSR count). The summed E-state index contributed by atoms with van der Waals surface area (Å²) in [5.41, 5.74) is 2.65. The van der Waals surface area contributed by atoms with Gasteiger partial charge in [0.15, 0.2) is 0 Å². The molecular formula is C9H12. The number of fused-ring (bicyclic) bond motifs is 2. The van der Waals surface area contributed by atoms with Crippen LogP contribution in [-0.2, 0) is 0 Å². The quantitative estimate of drug-likeness (QED) is 0.431. The van der Waals surface area contributed by atoms with Crippen molar-refractivity contribution in [2.24, 2.45) is 11.3 Å². The van der Waals surface area contributed by atoms with Gasteiger partial charge in [-0.2, -0.15) is 0 Å². The normalized spacial score (nSPS) is 41.8. The van der Waals surface area contributed by atoms with E-state index in [1.165, 1.54) is 32.1 Å². The molecule has 0 aromatic rings. The Labute approximate surface area is 56.0 Å². The second kappa shape index (κ2) is 1.12. The summed E-state index contributed by atoms with van der Waals surface area (Å²) in [4.78, 5) is 0. The molecule has 0 aromatic heterocycles. The zero-order valence-electron chi connectivity index (χ0n) is 5.69. The predicted molar refractivity (Wildman–Crippen MR) is 37.1 cm³/mol. The smallest absolute Gasteiger partial charge is 0.00396 e. The SMILES string of the molecule is C1=C2CC3(CCCC3)C12. The second-order valence-electron chi connectivity index (χ2n) is 3.97. The summed E-state index contributed by atoms with van der Waals surface area (Å²) in [7, 11) is 0. The molecule has 1 spiro atoms. The van der Waals surface area contributed by atoms with Crippen LogP contribution in [0.5, 0.6) is 0 Å². The van der Waals surface area contributed by atoms with Gasteiger partial charge in [-0.15, -0.1) is 0 Å². The topological polar surface area (TPSA) is 0 Å². The summed E-state index contributed by atoms with van der Waals surface area (Å²) in [5.74, 6) is 1.03. The number of hydrogen-bond acceptors (Lipinski definition) is 0. The van der Waals surface area contributed by atoms with E-state index in [-0.39, 0.29) is 0 Å². The van der Waals surface area contributed by atoms with E-state index < -0.39 is 0 Å². The molecule has 3 aliphatic carbocycles. The molecule has 3 aliphatic rings. The van der Waals surface area contributed by atoms with Crippen LogP contribution in [0.2, 0.25) is 0 Å². The lowest BCUT2D eigenvalue weighted by Crippen LogP contribution is -2.28. The van der Waals surface area contributed by atoms with E-state index in [1.54, 1.807) is 5.57 Å². The number of hydrogen-bond donors (Lipinski definition) is 0. The molecule has 2 saturated carbocycles. The molecule has 48 valence electrons. The molecule has 2 fully saturated rings. The molecule has 0 amide bonds. The zero-order valence-corrected chi connectivity index (χ0v) is 5.69. The number of rotatable bonds is 0. The molecule has 0 radical (unpaired) electrons. The van der Waals surface area contributed by atoms with E-state index in [0.29, 0.717) is 0 Å². The van der Waals surface area contributed by atoms with Gasteiger partial charge in [0.1, 0.15) is 0 Å². The van der Waals surface area contributed by atoms with E-state index in [4.69, 9.17) is 0 Å². The fourth-order valence-electron chi connectivity index (χ4n) is 2.86.